The average Bonchev–Trinajstić information content (AvgIpc) is 2.47. The lowest BCUT2D eigenvalue weighted by atomic mass is 10.1. The van der Waals surface area contributed by atoms with E-state index in [0.717, 1.165) is 18.3 Å². The lowest BCUT2D eigenvalue weighted by Gasteiger charge is -2.09. The van der Waals surface area contributed by atoms with Crippen LogP contribution >= 0.6 is 11.6 Å². The second-order valence-electron chi connectivity index (χ2n) is 4.23. The molecule has 0 radical (unpaired) electrons. The summed E-state index contributed by atoms with van der Waals surface area (Å²) in [5, 5.41) is 21.6. The molecule has 0 unspecified atom stereocenters. The molecular formula is C13H6ClF3N2O4. The van der Waals surface area contributed by atoms with Crippen LogP contribution in [0.4, 0.5) is 18.9 Å². The molecule has 2 N–H and O–H groups in total. The number of anilines is 1. The van der Waals surface area contributed by atoms with Crippen LogP contribution in [0.5, 0.6) is 0 Å². The number of carboxylic acids is 1. The number of pyridine rings is 1. The number of nitrogens with one attached hydrogen (secondary N) is 1. The first-order valence-electron chi connectivity index (χ1n) is 5.83. The average molecular weight is 347 g/mol. The number of hydrogen-bond donors (Lipinski definition) is 2. The second-order valence-corrected chi connectivity index (χ2v) is 4.62. The third-order valence-electron chi connectivity index (χ3n) is 2.75. The summed E-state index contributed by atoms with van der Waals surface area (Å²) in [5.41, 5.74) is -2.69. The summed E-state index contributed by atoms with van der Waals surface area (Å²) in [5.74, 6) is -8.30. The predicted octanol–water partition coefficient (Wildman–Crippen LogP) is 2.34. The number of halogens is 4. The number of aromatic nitrogens is 1. The van der Waals surface area contributed by atoms with E-state index in [2.05, 4.69) is 0 Å². The summed E-state index contributed by atoms with van der Waals surface area (Å²) >= 11 is 5.47. The number of aromatic carboxylic acids is 1. The van der Waals surface area contributed by atoms with E-state index in [1.54, 1.807) is 0 Å². The molecule has 0 aliphatic rings. The Bertz CT molecular complexity index is 829. The largest absolute Gasteiger partial charge is 0.618 e. The SMILES string of the molecule is O=C(Nc1cc(F)c(F)c(C(=O)O)c1F)c1ccc(Cl)[n+]([O-])c1. The number of carbonyl (C=O) groups is 2. The molecular weight excluding hydrogens is 341 g/mol. The van der Waals surface area contributed by atoms with Crippen molar-refractivity contribution in [1.29, 1.82) is 0 Å². The molecule has 10 heteroatoms. The van der Waals surface area contributed by atoms with E-state index in [9.17, 15) is 28.0 Å². The zero-order valence-electron chi connectivity index (χ0n) is 10.9. The van der Waals surface area contributed by atoms with E-state index < -0.39 is 40.6 Å². The van der Waals surface area contributed by atoms with Gasteiger partial charge < -0.3 is 15.6 Å². The summed E-state index contributed by atoms with van der Waals surface area (Å²) in [4.78, 5) is 22.6. The molecule has 0 saturated carbocycles. The number of rotatable bonds is 3. The van der Waals surface area contributed by atoms with Gasteiger partial charge in [0.2, 0.25) is 0 Å². The summed E-state index contributed by atoms with van der Waals surface area (Å²) < 4.78 is 40.7. The molecule has 0 fully saturated rings. The van der Waals surface area contributed by atoms with Gasteiger partial charge in [-0.05, 0) is 17.7 Å². The molecule has 0 aliphatic carbocycles. The summed E-state index contributed by atoms with van der Waals surface area (Å²) in [6, 6.07) is 2.51. The fourth-order valence-electron chi connectivity index (χ4n) is 1.67. The van der Waals surface area contributed by atoms with Gasteiger partial charge in [-0.1, -0.05) is 0 Å². The molecule has 0 aliphatic heterocycles. The fourth-order valence-corrected chi connectivity index (χ4v) is 1.79. The maximum atomic E-state index is 13.9. The van der Waals surface area contributed by atoms with Gasteiger partial charge in [0.15, 0.2) is 23.6 Å². The monoisotopic (exact) mass is 346 g/mol. The van der Waals surface area contributed by atoms with Crippen molar-refractivity contribution < 1.29 is 32.6 Å². The van der Waals surface area contributed by atoms with Crippen LogP contribution in [-0.4, -0.2) is 17.0 Å². The van der Waals surface area contributed by atoms with Crippen molar-refractivity contribution in [3.05, 3.63) is 63.3 Å². The van der Waals surface area contributed by atoms with Gasteiger partial charge in [-0.2, -0.15) is 4.73 Å². The molecule has 0 bridgehead atoms. The van der Waals surface area contributed by atoms with Gasteiger partial charge in [0, 0.05) is 12.1 Å². The number of amides is 1. The molecule has 1 heterocycles. The molecule has 23 heavy (non-hydrogen) atoms. The number of carboxylic acid groups (broad SMARTS) is 1. The molecule has 0 saturated heterocycles. The van der Waals surface area contributed by atoms with Crippen molar-refractivity contribution in [1.82, 2.24) is 0 Å². The van der Waals surface area contributed by atoms with E-state index in [0.29, 0.717) is 0 Å². The van der Waals surface area contributed by atoms with E-state index >= 15 is 0 Å². The van der Waals surface area contributed by atoms with Crippen LogP contribution in [0.2, 0.25) is 5.15 Å². The first-order valence-corrected chi connectivity index (χ1v) is 6.21. The Balaban J connectivity index is 2.42. The normalized spacial score (nSPS) is 10.4. The van der Waals surface area contributed by atoms with E-state index in [1.807, 2.05) is 5.32 Å². The Morgan fingerprint density at radius 1 is 1.22 bits per heavy atom. The maximum Gasteiger partial charge on any atom is 0.341 e. The van der Waals surface area contributed by atoms with E-state index in [-0.39, 0.29) is 21.5 Å². The highest BCUT2D eigenvalue weighted by Crippen LogP contribution is 2.24. The van der Waals surface area contributed by atoms with E-state index in [4.69, 9.17) is 16.7 Å². The second kappa shape index (κ2) is 6.13. The zero-order valence-corrected chi connectivity index (χ0v) is 11.7. The van der Waals surface area contributed by atoms with Crippen LogP contribution in [-0.2, 0) is 0 Å². The number of hydrogen-bond acceptors (Lipinski definition) is 3. The Morgan fingerprint density at radius 2 is 1.87 bits per heavy atom. The first-order chi connectivity index (χ1) is 10.7. The van der Waals surface area contributed by atoms with E-state index in [1.165, 1.54) is 0 Å². The summed E-state index contributed by atoms with van der Waals surface area (Å²) in [7, 11) is 0. The van der Waals surface area contributed by atoms with Gasteiger partial charge in [-0.3, -0.25) is 4.79 Å². The Kier molecular flexibility index (Phi) is 4.41. The van der Waals surface area contributed by atoms with Crippen molar-refractivity contribution in [2.75, 3.05) is 5.32 Å². The topological polar surface area (TPSA) is 93.3 Å². The third kappa shape index (κ3) is 3.19. The molecule has 2 aromatic rings. The molecule has 2 rings (SSSR count). The van der Waals surface area contributed by atoms with Crippen LogP contribution < -0.4 is 10.0 Å². The Morgan fingerprint density at radius 3 is 2.43 bits per heavy atom. The Hall–Kier alpha value is -2.81. The number of carbonyl (C=O) groups excluding carboxylic acids is 1. The van der Waals surface area contributed by atoms with Crippen LogP contribution in [0.25, 0.3) is 0 Å². The first kappa shape index (κ1) is 16.6. The molecule has 1 aromatic carbocycles. The lowest BCUT2D eigenvalue weighted by Crippen LogP contribution is -2.29. The molecule has 1 amide bonds. The minimum atomic E-state index is -2.04. The molecule has 120 valence electrons. The molecule has 6 nitrogen and oxygen atoms in total. The third-order valence-corrected chi connectivity index (χ3v) is 3.04. The highest BCUT2D eigenvalue weighted by atomic mass is 35.5. The van der Waals surface area contributed by atoms with Crippen molar-refractivity contribution in [3.8, 4) is 0 Å². The zero-order chi connectivity index (χ0) is 17.3. The van der Waals surface area contributed by atoms with Gasteiger partial charge >= 0.3 is 5.97 Å². The fraction of sp³-hybridized carbons (Fsp3) is 0. The number of nitrogens with zero attached hydrogens (tertiary/aromatic N) is 1. The lowest BCUT2D eigenvalue weighted by molar-refractivity contribution is -0.603. The van der Waals surface area contributed by atoms with Gasteiger partial charge in [0.25, 0.3) is 11.1 Å². The van der Waals surface area contributed by atoms with Crippen LogP contribution in [0.1, 0.15) is 20.7 Å². The van der Waals surface area contributed by atoms with Gasteiger partial charge in [0.05, 0.1) is 5.69 Å². The van der Waals surface area contributed by atoms with Gasteiger partial charge in [0.1, 0.15) is 11.1 Å². The van der Waals surface area contributed by atoms with Crippen molar-refractivity contribution in [3.63, 3.8) is 0 Å². The van der Waals surface area contributed by atoms with Gasteiger partial charge in [-0.25, -0.2) is 18.0 Å². The highest BCUT2D eigenvalue weighted by Gasteiger charge is 2.25. The van der Waals surface area contributed by atoms with Gasteiger partial charge in [-0.15, -0.1) is 0 Å². The molecule has 0 spiro atoms. The van der Waals surface area contributed by atoms with Crippen molar-refractivity contribution in [2.24, 2.45) is 0 Å². The summed E-state index contributed by atoms with van der Waals surface area (Å²) in [6.07, 6.45) is 0.771. The predicted molar refractivity (Wildman–Crippen MR) is 71.6 cm³/mol. The van der Waals surface area contributed by atoms with Crippen molar-refractivity contribution >= 4 is 29.2 Å². The van der Waals surface area contributed by atoms with Crippen LogP contribution in [0, 0.1) is 22.7 Å². The molecule has 0 atom stereocenters. The smallest absolute Gasteiger partial charge is 0.341 e. The van der Waals surface area contributed by atoms with Crippen LogP contribution in [0.15, 0.2) is 24.4 Å². The molecule has 1 aromatic heterocycles. The quantitative estimate of drug-likeness (QED) is 0.386. The highest BCUT2D eigenvalue weighted by molar-refractivity contribution is 6.28. The standard InChI is InChI=1S/C13H6ClF3N2O4/c14-8-2-1-5(4-19(8)23)12(20)18-7-3-6(15)10(16)9(11(7)17)13(21)22/h1-4H,(H,18,20)(H,21,22). The minimum absolute atomic E-state index is 0.154. The minimum Gasteiger partial charge on any atom is -0.618 e. The summed E-state index contributed by atoms with van der Waals surface area (Å²) in [6.45, 7) is 0. The number of benzene rings is 1. The maximum absolute atomic E-state index is 13.9. The van der Waals surface area contributed by atoms with Crippen molar-refractivity contribution in [2.45, 2.75) is 0 Å². The van der Waals surface area contributed by atoms with Crippen LogP contribution in [0.3, 0.4) is 0 Å². The Labute approximate surface area is 131 Å².